The van der Waals surface area contributed by atoms with E-state index in [0.29, 0.717) is 10.5 Å². The van der Waals surface area contributed by atoms with Crippen molar-refractivity contribution in [3.05, 3.63) is 53.6 Å². The van der Waals surface area contributed by atoms with Gasteiger partial charge in [0.05, 0.1) is 16.7 Å². The van der Waals surface area contributed by atoms with Crippen LogP contribution in [0.4, 0.5) is 0 Å². The van der Waals surface area contributed by atoms with Gasteiger partial charge in [0.15, 0.2) is 11.6 Å². The van der Waals surface area contributed by atoms with Crippen molar-refractivity contribution in [2.24, 2.45) is 17.8 Å². The Morgan fingerprint density at radius 1 is 1.09 bits per heavy atom. The van der Waals surface area contributed by atoms with Crippen LogP contribution in [0.5, 0.6) is 0 Å². The summed E-state index contributed by atoms with van der Waals surface area (Å²) in [6.45, 7) is 3.66. The summed E-state index contributed by atoms with van der Waals surface area (Å²) >= 11 is 0. The molecule has 118 valence electrons. The molecule has 0 saturated heterocycles. The van der Waals surface area contributed by atoms with Crippen LogP contribution in [0.2, 0.25) is 0 Å². The van der Waals surface area contributed by atoms with Crippen LogP contribution in [0, 0.1) is 24.7 Å². The monoisotopic (exact) mass is 326 g/mol. The molecule has 1 fully saturated rings. The van der Waals surface area contributed by atoms with E-state index in [-0.39, 0.29) is 23.4 Å². The zero-order valence-electron chi connectivity index (χ0n) is 13.1. The smallest absolute Gasteiger partial charge is 0.176 e. The first-order chi connectivity index (χ1) is 11.0. The number of rotatable bonds is 2. The fraction of sp³-hybridized carbons (Fsp3) is 0.368. The van der Waals surface area contributed by atoms with Gasteiger partial charge >= 0.3 is 0 Å². The lowest BCUT2D eigenvalue weighted by molar-refractivity contribution is -0.128. The van der Waals surface area contributed by atoms with Crippen molar-refractivity contribution in [1.82, 2.24) is 0 Å². The molecule has 0 spiro atoms. The Labute approximate surface area is 137 Å². The zero-order chi connectivity index (χ0) is 16.4. The van der Waals surface area contributed by atoms with E-state index in [2.05, 4.69) is 0 Å². The normalized spacial score (nSPS) is 36.1. The van der Waals surface area contributed by atoms with Gasteiger partial charge in [-0.1, -0.05) is 29.8 Å². The van der Waals surface area contributed by atoms with E-state index in [0.717, 1.165) is 12.0 Å². The van der Waals surface area contributed by atoms with Gasteiger partial charge in [-0.2, -0.15) is 0 Å². The Kier molecular flexibility index (Phi) is 3.11. The summed E-state index contributed by atoms with van der Waals surface area (Å²) in [6.07, 6.45) is 6.19. The first-order valence-electron chi connectivity index (χ1n) is 7.90. The number of carbonyl (C=O) groups excluding carboxylic acids is 2. The van der Waals surface area contributed by atoms with Crippen LogP contribution in [0.15, 0.2) is 53.0 Å². The first kappa shape index (κ1) is 14.8. The zero-order valence-corrected chi connectivity index (χ0v) is 13.9. The molecule has 3 nitrogen and oxygen atoms in total. The van der Waals surface area contributed by atoms with E-state index in [1.807, 2.05) is 43.3 Å². The van der Waals surface area contributed by atoms with Crippen LogP contribution in [-0.4, -0.2) is 20.5 Å². The maximum Gasteiger partial charge on any atom is 0.176 e. The second kappa shape index (κ2) is 4.84. The van der Waals surface area contributed by atoms with E-state index in [1.165, 1.54) is 6.08 Å². The molecule has 0 N–H and O–H groups in total. The van der Waals surface area contributed by atoms with Crippen molar-refractivity contribution < 1.29 is 13.8 Å². The summed E-state index contributed by atoms with van der Waals surface area (Å²) in [7, 11) is -1.54. The molecule has 1 aromatic carbocycles. The predicted octanol–water partition coefficient (Wildman–Crippen LogP) is 2.76. The Bertz CT molecular complexity index is 802. The number of Topliss-reactive ketones (excluding diaryl/α,β-unsaturated/α-hetero) is 1. The Balaban J connectivity index is 1.90. The summed E-state index contributed by atoms with van der Waals surface area (Å²) in [5, 5.41) is 0. The molecule has 4 heteroatoms. The predicted molar refractivity (Wildman–Crippen MR) is 88.3 cm³/mol. The lowest BCUT2D eigenvalue weighted by Crippen LogP contribution is -2.57. The summed E-state index contributed by atoms with van der Waals surface area (Å²) < 4.78 is 12.3. The second-order valence-electron chi connectivity index (χ2n) is 6.80. The third-order valence-electron chi connectivity index (χ3n) is 5.50. The highest BCUT2D eigenvalue weighted by molar-refractivity contribution is 7.87. The molecule has 4 rings (SSSR count). The van der Waals surface area contributed by atoms with E-state index in [1.54, 1.807) is 6.92 Å². The number of ketones is 2. The molecule has 3 aliphatic rings. The van der Waals surface area contributed by atoms with Crippen LogP contribution < -0.4 is 0 Å². The number of benzene rings is 1. The van der Waals surface area contributed by atoms with Crippen LogP contribution in [0.3, 0.4) is 0 Å². The maximum atomic E-state index is 13.4. The minimum Gasteiger partial charge on any atom is -0.294 e. The maximum absolute atomic E-state index is 13.4. The molecule has 5 atom stereocenters. The van der Waals surface area contributed by atoms with Gasteiger partial charge in [0.25, 0.3) is 0 Å². The van der Waals surface area contributed by atoms with Gasteiger partial charge in [0.2, 0.25) is 0 Å². The standard InChI is InChI=1S/C19H18O3S/c1-11-3-7-15(8-4-11)23(22)19-14-6-5-13(10-14)17(19)18(21)12(2)9-16(19)20/h3-9,13-14,17H,10H2,1-2H3/t13-,14+,17+,19+,23?/m0/s1. The van der Waals surface area contributed by atoms with Crippen molar-refractivity contribution in [3.63, 3.8) is 0 Å². The molecule has 0 aliphatic heterocycles. The van der Waals surface area contributed by atoms with Crippen molar-refractivity contribution in [2.75, 3.05) is 0 Å². The van der Waals surface area contributed by atoms with Crippen molar-refractivity contribution in [3.8, 4) is 0 Å². The molecule has 0 amide bonds. The molecule has 0 radical (unpaired) electrons. The van der Waals surface area contributed by atoms with Crippen LogP contribution in [0.1, 0.15) is 18.9 Å². The number of fused-ring (bicyclic) bond motifs is 5. The summed E-state index contributed by atoms with van der Waals surface area (Å²) in [5.41, 5.74) is 1.58. The topological polar surface area (TPSA) is 51.2 Å². The number of aryl methyl sites for hydroxylation is 1. The van der Waals surface area contributed by atoms with Crippen molar-refractivity contribution in [1.29, 1.82) is 0 Å². The van der Waals surface area contributed by atoms with Gasteiger partial charge in [-0.25, -0.2) is 0 Å². The average molecular weight is 326 g/mol. The Morgan fingerprint density at radius 2 is 1.78 bits per heavy atom. The summed E-state index contributed by atoms with van der Waals surface area (Å²) in [4.78, 5) is 26.4. The molecule has 1 unspecified atom stereocenters. The van der Waals surface area contributed by atoms with Gasteiger partial charge in [-0.15, -0.1) is 0 Å². The SMILES string of the molecule is CC1=CC(=O)[C@]2(S(=O)c3ccc(C)cc3)[C@@H]3C=C[C@@H](C3)[C@@H]2C1=O. The average Bonchev–Trinajstić information content (AvgIpc) is 3.13. The fourth-order valence-electron chi connectivity index (χ4n) is 4.39. The molecule has 23 heavy (non-hydrogen) atoms. The van der Waals surface area contributed by atoms with Crippen molar-refractivity contribution >= 4 is 22.4 Å². The second-order valence-corrected chi connectivity index (χ2v) is 8.48. The minimum absolute atomic E-state index is 0.0121. The highest BCUT2D eigenvalue weighted by Crippen LogP contribution is 2.57. The molecule has 1 saturated carbocycles. The molecular weight excluding hydrogens is 308 g/mol. The molecule has 3 aliphatic carbocycles. The quantitative estimate of drug-likeness (QED) is 0.785. The molecule has 0 aromatic heterocycles. The molecular formula is C19H18O3S. The van der Waals surface area contributed by atoms with Gasteiger partial charge in [-0.3, -0.25) is 13.8 Å². The van der Waals surface area contributed by atoms with Crippen LogP contribution >= 0.6 is 0 Å². The van der Waals surface area contributed by atoms with E-state index in [9.17, 15) is 13.8 Å². The largest absolute Gasteiger partial charge is 0.294 e. The molecule has 1 aromatic rings. The Hall–Kier alpha value is -1.81. The van der Waals surface area contributed by atoms with Crippen molar-refractivity contribution in [2.45, 2.75) is 29.9 Å². The highest BCUT2D eigenvalue weighted by Gasteiger charge is 2.67. The fourth-order valence-corrected chi connectivity index (χ4v) is 6.37. The van der Waals surface area contributed by atoms with Gasteiger partial charge in [-0.05, 0) is 50.0 Å². The van der Waals surface area contributed by atoms with E-state index < -0.39 is 21.5 Å². The van der Waals surface area contributed by atoms with Crippen LogP contribution in [0.25, 0.3) is 0 Å². The Morgan fingerprint density at radius 3 is 2.48 bits per heavy atom. The van der Waals surface area contributed by atoms with Crippen LogP contribution in [-0.2, 0) is 20.4 Å². The van der Waals surface area contributed by atoms with Gasteiger partial charge < -0.3 is 0 Å². The number of hydrogen-bond acceptors (Lipinski definition) is 3. The lowest BCUT2D eigenvalue weighted by Gasteiger charge is -2.40. The first-order valence-corrected chi connectivity index (χ1v) is 9.05. The van der Waals surface area contributed by atoms with Gasteiger partial charge in [0, 0.05) is 10.8 Å². The number of hydrogen-bond donors (Lipinski definition) is 0. The third-order valence-corrected chi connectivity index (χ3v) is 7.58. The molecule has 2 bridgehead atoms. The van der Waals surface area contributed by atoms with E-state index >= 15 is 0 Å². The highest BCUT2D eigenvalue weighted by atomic mass is 32.2. The summed E-state index contributed by atoms with van der Waals surface area (Å²) in [5.74, 6) is -0.704. The minimum atomic E-state index is -1.54. The lowest BCUT2D eigenvalue weighted by atomic mass is 9.71. The molecule has 0 heterocycles. The van der Waals surface area contributed by atoms with E-state index in [4.69, 9.17) is 0 Å². The third kappa shape index (κ3) is 1.78. The summed E-state index contributed by atoms with van der Waals surface area (Å²) in [6, 6.07) is 7.43. The number of allylic oxidation sites excluding steroid dienone is 4. The van der Waals surface area contributed by atoms with Gasteiger partial charge in [0.1, 0.15) is 4.75 Å². The number of carbonyl (C=O) groups is 2.